The number of aliphatic imine (C=N–C) groups is 1. The first-order chi connectivity index (χ1) is 13.4. The third kappa shape index (κ3) is 5.27. The number of anilines is 1. The second-order valence-electron chi connectivity index (χ2n) is 6.49. The first-order valence-electron chi connectivity index (χ1n) is 8.88. The quantitative estimate of drug-likeness (QED) is 0.586. The zero-order chi connectivity index (χ0) is 20.1. The van der Waals surface area contributed by atoms with Gasteiger partial charge < -0.3 is 10.1 Å². The molecule has 1 aliphatic rings. The molecule has 1 heterocycles. The van der Waals surface area contributed by atoms with E-state index < -0.39 is 17.5 Å². The number of carbonyl (C=O) groups excluding carboxylic acids is 1. The zero-order valence-electron chi connectivity index (χ0n) is 15.3. The van der Waals surface area contributed by atoms with Crippen LogP contribution < -0.4 is 10.6 Å². The van der Waals surface area contributed by atoms with E-state index in [9.17, 15) is 13.6 Å². The average Bonchev–Trinajstić information content (AvgIpc) is 3.17. The summed E-state index contributed by atoms with van der Waals surface area (Å²) in [4.78, 5) is 16.9. The maximum absolute atomic E-state index is 13.4. The number of amides is 1. The van der Waals surface area contributed by atoms with Crippen LogP contribution in [-0.4, -0.2) is 31.1 Å². The summed E-state index contributed by atoms with van der Waals surface area (Å²) in [5.74, 6) is -2.52. The summed E-state index contributed by atoms with van der Waals surface area (Å²) in [6.45, 7) is 2.93. The van der Waals surface area contributed by atoms with Gasteiger partial charge in [-0.2, -0.15) is 0 Å². The highest BCUT2D eigenvalue weighted by atomic mass is 35.5. The summed E-state index contributed by atoms with van der Waals surface area (Å²) in [5.41, 5.74) is 1.55. The Labute approximate surface area is 166 Å². The number of hydrogen-bond acceptors (Lipinski definition) is 3. The van der Waals surface area contributed by atoms with Crippen molar-refractivity contribution in [3.63, 3.8) is 0 Å². The highest BCUT2D eigenvalue weighted by molar-refractivity contribution is 6.30. The van der Waals surface area contributed by atoms with Gasteiger partial charge in [-0.1, -0.05) is 11.6 Å². The van der Waals surface area contributed by atoms with Crippen LogP contribution in [0.3, 0.4) is 0 Å². The van der Waals surface area contributed by atoms with Gasteiger partial charge in [-0.25, -0.2) is 13.8 Å². The van der Waals surface area contributed by atoms with Crippen LogP contribution in [0.1, 0.15) is 28.8 Å². The normalized spacial score (nSPS) is 16.9. The van der Waals surface area contributed by atoms with E-state index in [0.29, 0.717) is 23.9 Å². The molecule has 3 rings (SSSR count). The Kier molecular flexibility index (Phi) is 6.59. The van der Waals surface area contributed by atoms with Crippen molar-refractivity contribution in [1.82, 2.24) is 5.32 Å². The highest BCUT2D eigenvalue weighted by Crippen LogP contribution is 2.20. The number of hydrogen-bond donors (Lipinski definition) is 2. The van der Waals surface area contributed by atoms with E-state index in [4.69, 9.17) is 16.3 Å². The van der Waals surface area contributed by atoms with Crippen molar-refractivity contribution >= 4 is 29.2 Å². The largest absolute Gasteiger partial charge is 0.376 e. The Balaban J connectivity index is 1.79. The predicted octanol–water partition coefficient (Wildman–Crippen LogP) is 4.30. The molecule has 0 bridgehead atoms. The van der Waals surface area contributed by atoms with E-state index in [2.05, 4.69) is 15.6 Å². The molecule has 2 aromatic carbocycles. The molecule has 8 heteroatoms. The number of ether oxygens (including phenoxy) is 1. The summed E-state index contributed by atoms with van der Waals surface area (Å²) >= 11 is 5.98. The van der Waals surface area contributed by atoms with E-state index in [1.54, 1.807) is 18.2 Å². The topological polar surface area (TPSA) is 62.7 Å². The predicted molar refractivity (Wildman–Crippen MR) is 105 cm³/mol. The van der Waals surface area contributed by atoms with Crippen molar-refractivity contribution in [2.75, 3.05) is 18.5 Å². The van der Waals surface area contributed by atoms with Crippen LogP contribution >= 0.6 is 11.6 Å². The molecular weight excluding hydrogens is 388 g/mol. The summed E-state index contributed by atoms with van der Waals surface area (Å²) < 4.78 is 32.1. The minimum absolute atomic E-state index is 0.0108. The highest BCUT2D eigenvalue weighted by Gasteiger charge is 2.17. The number of halogens is 3. The van der Waals surface area contributed by atoms with E-state index >= 15 is 0 Å². The van der Waals surface area contributed by atoms with Crippen LogP contribution in [0.4, 0.5) is 14.5 Å². The lowest BCUT2D eigenvalue weighted by molar-refractivity contribution is 0.0975. The molecule has 2 N–H and O–H groups in total. The second-order valence-corrected chi connectivity index (χ2v) is 6.93. The van der Waals surface area contributed by atoms with Crippen LogP contribution in [0.2, 0.25) is 5.02 Å². The molecule has 0 aliphatic carbocycles. The summed E-state index contributed by atoms with van der Waals surface area (Å²) in [6.07, 6.45) is 1.86. The van der Waals surface area contributed by atoms with Crippen LogP contribution in [0.25, 0.3) is 0 Å². The van der Waals surface area contributed by atoms with Gasteiger partial charge in [-0.05, 0) is 61.7 Å². The van der Waals surface area contributed by atoms with Gasteiger partial charge in [0.25, 0.3) is 5.91 Å². The van der Waals surface area contributed by atoms with Crippen molar-refractivity contribution in [3.8, 4) is 0 Å². The number of carbonyl (C=O) groups is 1. The molecule has 0 unspecified atom stereocenters. The maximum atomic E-state index is 13.4. The monoisotopic (exact) mass is 407 g/mol. The standard InChI is InChI=1S/C20H20ClF2N3O2/c1-12-9-14(21)5-7-18(12)25-20(24-11-15-3-2-8-28-15)26-19(27)13-4-6-16(22)17(23)10-13/h4-7,9-10,15H,2-3,8,11H2,1H3,(H2,24,25,26,27)/t15-/m1/s1. The van der Waals surface area contributed by atoms with Crippen LogP contribution in [0, 0.1) is 18.6 Å². The van der Waals surface area contributed by atoms with Crippen molar-refractivity contribution in [2.24, 2.45) is 4.99 Å². The summed E-state index contributed by atoms with van der Waals surface area (Å²) in [7, 11) is 0. The number of guanidine groups is 1. The lowest BCUT2D eigenvalue weighted by atomic mass is 10.2. The molecule has 5 nitrogen and oxygen atoms in total. The van der Waals surface area contributed by atoms with Gasteiger partial charge in [0, 0.05) is 22.9 Å². The number of nitrogens with one attached hydrogen (secondary N) is 2. The van der Waals surface area contributed by atoms with Gasteiger partial charge in [0.05, 0.1) is 12.6 Å². The molecule has 0 radical (unpaired) electrons. The molecular formula is C20H20ClF2N3O2. The second kappa shape index (κ2) is 9.12. The van der Waals surface area contributed by atoms with Crippen LogP contribution in [-0.2, 0) is 4.74 Å². The lowest BCUT2D eigenvalue weighted by Gasteiger charge is -2.15. The minimum Gasteiger partial charge on any atom is -0.376 e. The smallest absolute Gasteiger partial charge is 0.258 e. The number of nitrogens with zero attached hydrogens (tertiary/aromatic N) is 1. The molecule has 0 saturated carbocycles. The third-order valence-electron chi connectivity index (χ3n) is 4.33. The van der Waals surface area contributed by atoms with E-state index in [-0.39, 0.29) is 17.6 Å². The van der Waals surface area contributed by atoms with Crippen LogP contribution in [0.15, 0.2) is 41.4 Å². The molecule has 1 fully saturated rings. The Morgan fingerprint density at radius 1 is 1.25 bits per heavy atom. The molecule has 0 aromatic heterocycles. The molecule has 1 atom stereocenters. The van der Waals surface area contributed by atoms with Crippen molar-refractivity contribution < 1.29 is 18.3 Å². The van der Waals surface area contributed by atoms with Gasteiger partial charge >= 0.3 is 0 Å². The first-order valence-corrected chi connectivity index (χ1v) is 9.26. The van der Waals surface area contributed by atoms with Crippen molar-refractivity contribution in [1.29, 1.82) is 0 Å². The Morgan fingerprint density at radius 3 is 2.75 bits per heavy atom. The fourth-order valence-corrected chi connectivity index (χ4v) is 3.03. The Bertz CT molecular complexity index is 899. The molecule has 2 aromatic rings. The third-order valence-corrected chi connectivity index (χ3v) is 4.57. The first kappa shape index (κ1) is 20.2. The summed E-state index contributed by atoms with van der Waals surface area (Å²) in [6, 6.07) is 8.21. The van der Waals surface area contributed by atoms with Gasteiger partial charge in [-0.3, -0.25) is 10.1 Å². The Hall–Kier alpha value is -2.51. The van der Waals surface area contributed by atoms with Gasteiger partial charge in [0.1, 0.15) is 0 Å². The molecule has 28 heavy (non-hydrogen) atoms. The maximum Gasteiger partial charge on any atom is 0.258 e. The van der Waals surface area contributed by atoms with Gasteiger partial charge in [0.15, 0.2) is 11.6 Å². The number of benzene rings is 2. The molecule has 1 aliphatic heterocycles. The van der Waals surface area contributed by atoms with Crippen molar-refractivity contribution in [2.45, 2.75) is 25.9 Å². The van der Waals surface area contributed by atoms with Crippen molar-refractivity contribution in [3.05, 3.63) is 64.2 Å². The Morgan fingerprint density at radius 2 is 2.07 bits per heavy atom. The minimum atomic E-state index is -1.09. The number of aryl methyl sites for hydroxylation is 1. The van der Waals surface area contributed by atoms with Crippen LogP contribution in [0.5, 0.6) is 0 Å². The lowest BCUT2D eigenvalue weighted by Crippen LogP contribution is -2.37. The fraction of sp³-hybridized carbons (Fsp3) is 0.300. The van der Waals surface area contributed by atoms with Gasteiger partial charge in [-0.15, -0.1) is 0 Å². The zero-order valence-corrected chi connectivity index (χ0v) is 16.0. The SMILES string of the molecule is Cc1cc(Cl)ccc1NC(=NC[C@H]1CCCO1)NC(=O)c1ccc(F)c(F)c1. The molecule has 1 saturated heterocycles. The van der Waals surface area contributed by atoms with E-state index in [1.807, 2.05) is 6.92 Å². The number of rotatable bonds is 4. The van der Waals surface area contributed by atoms with Gasteiger partial charge in [0.2, 0.25) is 5.96 Å². The average molecular weight is 408 g/mol. The van der Waals surface area contributed by atoms with E-state index in [0.717, 1.165) is 30.5 Å². The molecule has 148 valence electrons. The fourth-order valence-electron chi connectivity index (χ4n) is 2.80. The molecule has 1 amide bonds. The van der Waals surface area contributed by atoms with E-state index in [1.165, 1.54) is 6.07 Å². The summed E-state index contributed by atoms with van der Waals surface area (Å²) in [5, 5.41) is 6.27. The molecule has 0 spiro atoms.